The number of hydrogen-bond acceptors (Lipinski definition) is 4. The number of benzene rings is 1. The van der Waals surface area contributed by atoms with Gasteiger partial charge in [0.05, 0.1) is 7.11 Å². The highest BCUT2D eigenvalue weighted by atomic mass is 19.4. The maximum atomic E-state index is 14.5. The summed E-state index contributed by atoms with van der Waals surface area (Å²) in [5.41, 5.74) is -4.27. The molecular weight excluding hydrogens is 451 g/mol. The van der Waals surface area contributed by atoms with Gasteiger partial charge in [0.1, 0.15) is 11.5 Å². The number of aromatic amines is 2. The number of nitrogens with one attached hydrogen (secondary N) is 2. The number of ether oxygens (including phenoxy) is 2. The first kappa shape index (κ1) is 23.0. The van der Waals surface area contributed by atoms with E-state index in [1.165, 1.54) is 25.3 Å². The van der Waals surface area contributed by atoms with Gasteiger partial charge in [-0.1, -0.05) is 13.0 Å². The number of methoxy groups -OCH3 is 1. The van der Waals surface area contributed by atoms with Crippen LogP contribution in [0.1, 0.15) is 37.1 Å². The zero-order chi connectivity index (χ0) is 24.3. The van der Waals surface area contributed by atoms with E-state index in [2.05, 4.69) is 9.97 Å². The van der Waals surface area contributed by atoms with Crippen molar-refractivity contribution in [3.05, 3.63) is 74.1 Å². The Morgan fingerprint density at radius 2 is 1.82 bits per heavy atom. The Morgan fingerprint density at radius 1 is 1.12 bits per heavy atom. The normalized spacial score (nSPS) is 25.5. The minimum atomic E-state index is -4.82. The van der Waals surface area contributed by atoms with Crippen LogP contribution in [-0.4, -0.2) is 28.9 Å². The number of pyridine rings is 2. The highest BCUT2D eigenvalue weighted by Gasteiger charge is 2.65. The Balaban J connectivity index is 1.98. The molecule has 3 aromatic rings. The summed E-state index contributed by atoms with van der Waals surface area (Å²) in [5, 5.41) is -0.0156. The lowest BCUT2D eigenvalue weighted by molar-refractivity contribution is -0.275. The smallest absolute Gasteiger partial charge is 0.417 e. The number of halogens is 5. The van der Waals surface area contributed by atoms with Crippen LogP contribution in [0.4, 0.5) is 22.0 Å². The molecule has 1 fully saturated rings. The number of H-pyrrole nitrogens is 2. The minimum absolute atomic E-state index is 0.0466. The fraction of sp³-hybridized carbons (Fsp3) is 0.364. The first-order valence-electron chi connectivity index (χ1n) is 9.91. The number of alkyl halides is 3. The molecule has 3 heterocycles. The molecule has 1 aliphatic rings. The molecule has 2 N–H and O–H groups in total. The number of aromatic nitrogens is 2. The number of fused-ring (bicyclic) bond motifs is 1. The summed E-state index contributed by atoms with van der Waals surface area (Å²) in [5.74, 6) is -5.60. The van der Waals surface area contributed by atoms with Crippen molar-refractivity contribution in [3.8, 4) is 5.75 Å². The highest BCUT2D eigenvalue weighted by Crippen LogP contribution is 2.59. The summed E-state index contributed by atoms with van der Waals surface area (Å²) in [6.07, 6.45) is -4.94. The van der Waals surface area contributed by atoms with E-state index in [9.17, 15) is 31.5 Å². The molecule has 0 amide bonds. The monoisotopic (exact) mass is 470 g/mol. The van der Waals surface area contributed by atoms with Crippen LogP contribution >= 0.6 is 0 Å². The van der Waals surface area contributed by atoms with Gasteiger partial charge in [-0.15, -0.1) is 0 Å². The number of rotatable bonds is 3. The van der Waals surface area contributed by atoms with Gasteiger partial charge in [-0.05, 0) is 30.5 Å². The van der Waals surface area contributed by atoms with Crippen molar-refractivity contribution in [2.24, 2.45) is 5.92 Å². The van der Waals surface area contributed by atoms with Gasteiger partial charge in [-0.2, -0.15) is 17.6 Å². The summed E-state index contributed by atoms with van der Waals surface area (Å²) in [7, 11) is 1.07. The van der Waals surface area contributed by atoms with E-state index in [-0.39, 0.29) is 22.0 Å². The van der Waals surface area contributed by atoms with E-state index >= 15 is 0 Å². The van der Waals surface area contributed by atoms with Crippen LogP contribution in [0.25, 0.3) is 10.8 Å². The third kappa shape index (κ3) is 3.41. The second-order valence-electron chi connectivity index (χ2n) is 8.13. The summed E-state index contributed by atoms with van der Waals surface area (Å²) in [6, 6.07) is 4.69. The van der Waals surface area contributed by atoms with Crippen molar-refractivity contribution in [1.29, 1.82) is 0 Å². The van der Waals surface area contributed by atoms with Crippen LogP contribution < -0.4 is 15.9 Å². The van der Waals surface area contributed by atoms with Gasteiger partial charge in [-0.25, -0.2) is 4.39 Å². The molecule has 0 spiro atoms. The van der Waals surface area contributed by atoms with Crippen molar-refractivity contribution in [2.45, 2.75) is 37.6 Å². The lowest BCUT2D eigenvalue weighted by atomic mass is 9.76. The predicted octanol–water partition coefficient (Wildman–Crippen LogP) is 4.32. The maximum absolute atomic E-state index is 14.5. The molecule has 0 unspecified atom stereocenters. The molecule has 1 aliphatic heterocycles. The van der Waals surface area contributed by atoms with Crippen molar-refractivity contribution >= 4 is 10.8 Å². The summed E-state index contributed by atoms with van der Waals surface area (Å²) < 4.78 is 81.0. The second kappa shape index (κ2) is 7.68. The molecular formula is C22H19F5N2O4. The van der Waals surface area contributed by atoms with E-state index < -0.39 is 58.2 Å². The molecule has 0 aliphatic carbocycles. The van der Waals surface area contributed by atoms with Crippen LogP contribution in [0.2, 0.25) is 0 Å². The summed E-state index contributed by atoms with van der Waals surface area (Å²) in [6.45, 7) is 2.14. The number of hydrogen-bond donors (Lipinski definition) is 2. The first-order valence-corrected chi connectivity index (χ1v) is 9.91. The molecule has 6 nitrogen and oxygen atoms in total. The molecule has 0 radical (unpaired) electrons. The van der Waals surface area contributed by atoms with Gasteiger partial charge in [-0.3, -0.25) is 9.59 Å². The van der Waals surface area contributed by atoms with Crippen LogP contribution in [0.5, 0.6) is 5.75 Å². The fourth-order valence-corrected chi connectivity index (χ4v) is 4.48. The van der Waals surface area contributed by atoms with E-state index in [0.717, 1.165) is 26.2 Å². The molecule has 1 aromatic carbocycles. The van der Waals surface area contributed by atoms with Gasteiger partial charge < -0.3 is 19.4 Å². The highest BCUT2D eigenvalue weighted by molar-refractivity contribution is 5.80. The largest absolute Gasteiger partial charge is 0.493 e. The third-order valence-corrected chi connectivity index (χ3v) is 6.41. The average Bonchev–Trinajstić information content (AvgIpc) is 3.02. The summed E-state index contributed by atoms with van der Waals surface area (Å²) in [4.78, 5) is 29.4. The van der Waals surface area contributed by atoms with Crippen molar-refractivity contribution in [3.63, 3.8) is 0 Å². The van der Waals surface area contributed by atoms with Gasteiger partial charge in [0.25, 0.3) is 11.1 Å². The molecule has 11 heteroatoms. The fourth-order valence-electron chi connectivity index (χ4n) is 4.48. The Kier molecular flexibility index (Phi) is 5.35. The molecule has 33 heavy (non-hydrogen) atoms. The van der Waals surface area contributed by atoms with Crippen molar-refractivity contribution in [2.75, 3.05) is 7.11 Å². The van der Waals surface area contributed by atoms with E-state index in [4.69, 9.17) is 9.47 Å². The lowest BCUT2D eigenvalue weighted by Crippen LogP contribution is -2.46. The predicted molar refractivity (Wildman–Crippen MR) is 108 cm³/mol. The van der Waals surface area contributed by atoms with E-state index in [1.807, 2.05) is 0 Å². The van der Waals surface area contributed by atoms with Crippen LogP contribution in [0.3, 0.4) is 0 Å². The standard InChI is InChI=1S/C22H19F5N2O4/c1-9-14(11-4-5-12(23)16(24)17(11)32-3)18(33-21(9,2)22(25,26)27)13-8-10-6-7-28-19(30)15(10)20(31)29-13/h4-9,14,18H,1-3H3,(H,28,30)(H,29,31)/t9-,14-,18-,21+/m0/s1. The van der Waals surface area contributed by atoms with Gasteiger partial charge in [0, 0.05) is 29.3 Å². The van der Waals surface area contributed by atoms with Crippen LogP contribution in [-0.2, 0) is 4.74 Å². The van der Waals surface area contributed by atoms with Gasteiger partial charge in [0.2, 0.25) is 5.82 Å². The van der Waals surface area contributed by atoms with Crippen molar-refractivity contribution < 1.29 is 31.4 Å². The second-order valence-corrected chi connectivity index (χ2v) is 8.13. The quantitative estimate of drug-likeness (QED) is 0.559. The molecule has 176 valence electrons. The molecule has 0 bridgehead atoms. The van der Waals surface area contributed by atoms with Gasteiger partial charge >= 0.3 is 6.18 Å². The van der Waals surface area contributed by atoms with Gasteiger partial charge in [0.15, 0.2) is 17.2 Å². The van der Waals surface area contributed by atoms with Crippen LogP contribution in [0, 0.1) is 17.6 Å². The third-order valence-electron chi connectivity index (χ3n) is 6.41. The molecule has 2 aromatic heterocycles. The first-order chi connectivity index (χ1) is 15.4. The topological polar surface area (TPSA) is 84.2 Å². The summed E-state index contributed by atoms with van der Waals surface area (Å²) >= 11 is 0. The zero-order valence-electron chi connectivity index (χ0n) is 17.6. The maximum Gasteiger partial charge on any atom is 0.417 e. The lowest BCUT2D eigenvalue weighted by Gasteiger charge is -2.32. The van der Waals surface area contributed by atoms with Crippen LogP contribution in [0.15, 0.2) is 40.1 Å². The molecule has 1 saturated heterocycles. The Bertz CT molecular complexity index is 1350. The Hall–Kier alpha value is -3.21. The molecule has 0 saturated carbocycles. The van der Waals surface area contributed by atoms with E-state index in [0.29, 0.717) is 0 Å². The Labute approximate surface area is 183 Å². The van der Waals surface area contributed by atoms with Crippen molar-refractivity contribution in [1.82, 2.24) is 9.97 Å². The molecule has 4 rings (SSSR count). The average molecular weight is 470 g/mol. The molecule has 4 atom stereocenters. The Morgan fingerprint density at radius 3 is 2.45 bits per heavy atom. The zero-order valence-corrected chi connectivity index (χ0v) is 17.6. The minimum Gasteiger partial charge on any atom is -0.493 e. The SMILES string of the molecule is COc1c([C@H]2[C@H](c3cc4cc[nH]c(=O)c4c(=O)[nH]3)O[C@@](C)(C(F)(F)F)[C@H]2C)ccc(F)c1F. The van der Waals surface area contributed by atoms with E-state index in [1.54, 1.807) is 0 Å².